The van der Waals surface area contributed by atoms with E-state index in [1.165, 1.54) is 0 Å². The zero-order valence-electron chi connectivity index (χ0n) is 7.40. The number of rotatable bonds is 2. The molecule has 2 heterocycles. The smallest absolute Gasteiger partial charge is 0.126 e. The highest BCUT2D eigenvalue weighted by Crippen LogP contribution is 2.23. The average Bonchev–Trinajstić information content (AvgIpc) is 2.71. The summed E-state index contributed by atoms with van der Waals surface area (Å²) in [5, 5.41) is 4.08. The maximum Gasteiger partial charge on any atom is 0.126 e. The lowest BCUT2D eigenvalue weighted by Crippen LogP contribution is -1.99. The van der Waals surface area contributed by atoms with Crippen LogP contribution in [0.1, 0.15) is 5.76 Å². The average molecular weight is 177 g/mol. The lowest BCUT2D eigenvalue weighted by atomic mass is 10.2. The zero-order valence-corrected chi connectivity index (χ0v) is 7.40. The molecule has 2 aromatic heterocycles. The van der Waals surface area contributed by atoms with Crippen molar-refractivity contribution >= 4 is 0 Å². The Hall–Kier alpha value is -1.55. The number of furan rings is 1. The van der Waals surface area contributed by atoms with E-state index in [1.807, 2.05) is 19.2 Å². The largest absolute Gasteiger partial charge is 0.467 e. The molecule has 0 amide bonds. The number of nitrogens with two attached hydrogens (primary N) is 1. The fourth-order valence-corrected chi connectivity index (χ4v) is 1.37. The Morgan fingerprint density at radius 2 is 2.38 bits per heavy atom. The third-order valence-electron chi connectivity index (χ3n) is 2.03. The molecule has 2 aromatic rings. The van der Waals surface area contributed by atoms with Crippen LogP contribution in [-0.4, -0.2) is 9.78 Å². The Morgan fingerprint density at radius 3 is 3.00 bits per heavy atom. The lowest BCUT2D eigenvalue weighted by Gasteiger charge is -2.00. The SMILES string of the molecule is Cn1nccc1-c1ccoc1CN. The first-order valence-corrected chi connectivity index (χ1v) is 4.07. The Balaban J connectivity index is 2.52. The molecule has 0 fully saturated rings. The van der Waals surface area contributed by atoms with Crippen molar-refractivity contribution in [3.8, 4) is 11.3 Å². The zero-order chi connectivity index (χ0) is 9.26. The van der Waals surface area contributed by atoms with Gasteiger partial charge in [0.15, 0.2) is 0 Å². The van der Waals surface area contributed by atoms with Gasteiger partial charge in [0.05, 0.1) is 18.5 Å². The Morgan fingerprint density at radius 1 is 1.54 bits per heavy atom. The van der Waals surface area contributed by atoms with Crippen LogP contribution in [0.5, 0.6) is 0 Å². The molecular formula is C9H11N3O. The second-order valence-electron chi connectivity index (χ2n) is 2.80. The topological polar surface area (TPSA) is 57.0 Å². The summed E-state index contributed by atoms with van der Waals surface area (Å²) in [6.45, 7) is 0.410. The van der Waals surface area contributed by atoms with Gasteiger partial charge in [0.1, 0.15) is 5.76 Å². The molecule has 13 heavy (non-hydrogen) atoms. The molecule has 0 aliphatic carbocycles. The van der Waals surface area contributed by atoms with E-state index in [0.717, 1.165) is 17.0 Å². The molecule has 0 saturated carbocycles. The van der Waals surface area contributed by atoms with Crippen LogP contribution in [0.15, 0.2) is 29.0 Å². The summed E-state index contributed by atoms with van der Waals surface area (Å²) in [6, 6.07) is 3.84. The van der Waals surface area contributed by atoms with Gasteiger partial charge >= 0.3 is 0 Å². The van der Waals surface area contributed by atoms with E-state index in [-0.39, 0.29) is 0 Å². The Kier molecular flexibility index (Phi) is 1.90. The van der Waals surface area contributed by atoms with Gasteiger partial charge in [0, 0.05) is 18.8 Å². The molecule has 0 bridgehead atoms. The monoisotopic (exact) mass is 177 g/mol. The van der Waals surface area contributed by atoms with Gasteiger partial charge in [-0.3, -0.25) is 4.68 Å². The molecule has 0 radical (unpaired) electrons. The Bertz CT molecular complexity index is 402. The summed E-state index contributed by atoms with van der Waals surface area (Å²) in [6.07, 6.45) is 3.40. The van der Waals surface area contributed by atoms with Gasteiger partial charge in [-0.05, 0) is 12.1 Å². The van der Waals surface area contributed by atoms with Crippen LogP contribution in [0, 0.1) is 0 Å². The molecule has 0 aliphatic heterocycles. The van der Waals surface area contributed by atoms with E-state index < -0.39 is 0 Å². The molecule has 0 unspecified atom stereocenters. The number of hydrogen-bond acceptors (Lipinski definition) is 3. The van der Waals surface area contributed by atoms with Crippen molar-refractivity contribution < 1.29 is 4.42 Å². The Labute approximate surface area is 76.0 Å². The van der Waals surface area contributed by atoms with E-state index in [2.05, 4.69) is 5.10 Å². The van der Waals surface area contributed by atoms with Crippen molar-refractivity contribution in [2.45, 2.75) is 6.54 Å². The van der Waals surface area contributed by atoms with Gasteiger partial charge in [-0.1, -0.05) is 0 Å². The van der Waals surface area contributed by atoms with Crippen LogP contribution < -0.4 is 5.73 Å². The van der Waals surface area contributed by atoms with Gasteiger partial charge in [0.2, 0.25) is 0 Å². The summed E-state index contributed by atoms with van der Waals surface area (Å²) in [5.41, 5.74) is 7.57. The second-order valence-corrected chi connectivity index (χ2v) is 2.80. The van der Waals surface area contributed by atoms with Crippen molar-refractivity contribution in [2.24, 2.45) is 12.8 Å². The maximum atomic E-state index is 5.53. The minimum Gasteiger partial charge on any atom is -0.467 e. The minimum atomic E-state index is 0.410. The van der Waals surface area contributed by atoms with E-state index in [4.69, 9.17) is 10.2 Å². The van der Waals surface area contributed by atoms with Gasteiger partial charge < -0.3 is 10.2 Å². The molecule has 0 atom stereocenters. The molecule has 0 saturated heterocycles. The quantitative estimate of drug-likeness (QED) is 0.748. The first kappa shape index (κ1) is 8.07. The number of aromatic nitrogens is 2. The molecule has 68 valence electrons. The first-order chi connectivity index (χ1) is 6.33. The molecule has 2 rings (SSSR count). The fraction of sp³-hybridized carbons (Fsp3) is 0.222. The molecule has 4 heteroatoms. The van der Waals surface area contributed by atoms with E-state index >= 15 is 0 Å². The van der Waals surface area contributed by atoms with Crippen molar-refractivity contribution in [1.29, 1.82) is 0 Å². The summed E-state index contributed by atoms with van der Waals surface area (Å²) in [5.74, 6) is 0.795. The fourth-order valence-electron chi connectivity index (χ4n) is 1.37. The van der Waals surface area contributed by atoms with E-state index in [9.17, 15) is 0 Å². The molecule has 0 aromatic carbocycles. The number of hydrogen-bond donors (Lipinski definition) is 1. The van der Waals surface area contributed by atoms with Crippen LogP contribution in [0.3, 0.4) is 0 Å². The van der Waals surface area contributed by atoms with Crippen molar-refractivity contribution in [3.63, 3.8) is 0 Å². The third kappa shape index (κ3) is 1.25. The summed E-state index contributed by atoms with van der Waals surface area (Å²) < 4.78 is 7.02. The van der Waals surface area contributed by atoms with Crippen LogP contribution in [0.25, 0.3) is 11.3 Å². The van der Waals surface area contributed by atoms with Crippen LogP contribution in [0.2, 0.25) is 0 Å². The van der Waals surface area contributed by atoms with Crippen molar-refractivity contribution in [1.82, 2.24) is 9.78 Å². The van der Waals surface area contributed by atoms with Gasteiger partial charge in [-0.2, -0.15) is 5.10 Å². The number of nitrogens with zero attached hydrogens (tertiary/aromatic N) is 2. The van der Waals surface area contributed by atoms with Gasteiger partial charge in [0.25, 0.3) is 0 Å². The predicted molar refractivity (Wildman–Crippen MR) is 48.8 cm³/mol. The second kappa shape index (κ2) is 3.06. The molecule has 2 N–H and O–H groups in total. The molecular weight excluding hydrogens is 166 g/mol. The summed E-state index contributed by atoms with van der Waals surface area (Å²) in [7, 11) is 1.89. The normalized spacial score (nSPS) is 10.6. The van der Waals surface area contributed by atoms with Crippen molar-refractivity contribution in [3.05, 3.63) is 30.4 Å². The maximum absolute atomic E-state index is 5.53. The standard InChI is InChI=1S/C9H11N3O/c1-12-8(2-4-11-12)7-3-5-13-9(7)6-10/h2-5H,6,10H2,1H3. The third-order valence-corrected chi connectivity index (χ3v) is 2.03. The van der Waals surface area contributed by atoms with Crippen LogP contribution in [-0.2, 0) is 13.6 Å². The molecule has 4 nitrogen and oxygen atoms in total. The van der Waals surface area contributed by atoms with Gasteiger partial charge in [-0.15, -0.1) is 0 Å². The van der Waals surface area contributed by atoms with Gasteiger partial charge in [-0.25, -0.2) is 0 Å². The highest BCUT2D eigenvalue weighted by Gasteiger charge is 2.09. The summed E-state index contributed by atoms with van der Waals surface area (Å²) in [4.78, 5) is 0. The highest BCUT2D eigenvalue weighted by molar-refractivity contribution is 5.61. The minimum absolute atomic E-state index is 0.410. The van der Waals surface area contributed by atoms with Crippen LogP contribution in [0.4, 0.5) is 0 Å². The predicted octanol–water partition coefficient (Wildman–Crippen LogP) is 1.14. The van der Waals surface area contributed by atoms with E-state index in [0.29, 0.717) is 6.54 Å². The van der Waals surface area contributed by atoms with Crippen molar-refractivity contribution in [2.75, 3.05) is 0 Å². The van der Waals surface area contributed by atoms with Crippen LogP contribution >= 0.6 is 0 Å². The molecule has 0 aliphatic rings. The number of aryl methyl sites for hydroxylation is 1. The molecule has 0 spiro atoms. The lowest BCUT2D eigenvalue weighted by molar-refractivity contribution is 0.513. The summed E-state index contributed by atoms with van der Waals surface area (Å²) >= 11 is 0. The highest BCUT2D eigenvalue weighted by atomic mass is 16.3. The first-order valence-electron chi connectivity index (χ1n) is 4.07. The van der Waals surface area contributed by atoms with E-state index in [1.54, 1.807) is 17.1 Å².